The van der Waals surface area contributed by atoms with E-state index in [9.17, 15) is 4.79 Å². The number of hydrogen-bond donors (Lipinski definition) is 1. The third-order valence-corrected chi connectivity index (χ3v) is 1.60. The summed E-state index contributed by atoms with van der Waals surface area (Å²) < 4.78 is 5.09. The van der Waals surface area contributed by atoms with Crippen molar-refractivity contribution in [3.05, 3.63) is 24.3 Å². The second kappa shape index (κ2) is 4.38. The third-order valence-electron chi connectivity index (χ3n) is 1.60. The molecule has 0 bridgehead atoms. The molecule has 0 aliphatic rings. The molecule has 0 fully saturated rings. The van der Waals surface area contributed by atoms with E-state index < -0.39 is 11.7 Å². The van der Waals surface area contributed by atoms with Crippen molar-refractivity contribution in [3.8, 4) is 0 Å². The lowest BCUT2D eigenvalue weighted by molar-refractivity contribution is 0.0636. The van der Waals surface area contributed by atoms with Crippen LogP contribution in [0, 0.1) is 0 Å². The zero-order valence-corrected chi connectivity index (χ0v) is 9.20. The lowest BCUT2D eigenvalue weighted by atomic mass is 9.94. The zero-order chi connectivity index (χ0) is 11.5. The van der Waals surface area contributed by atoms with E-state index in [0.717, 1.165) is 0 Å². The number of amides is 1. The van der Waals surface area contributed by atoms with Crippen molar-refractivity contribution in [2.75, 3.05) is 5.32 Å². The highest BCUT2D eigenvalue weighted by atomic mass is 16.6. The highest BCUT2D eigenvalue weighted by Gasteiger charge is 2.16. The van der Waals surface area contributed by atoms with Gasteiger partial charge in [0.2, 0.25) is 0 Å². The van der Waals surface area contributed by atoms with E-state index >= 15 is 0 Å². The maximum atomic E-state index is 11.4. The first-order valence-corrected chi connectivity index (χ1v) is 4.73. The van der Waals surface area contributed by atoms with Gasteiger partial charge in [-0.1, -0.05) is 23.7 Å². The molecule has 0 aliphatic heterocycles. The van der Waals surface area contributed by atoms with Gasteiger partial charge in [0, 0.05) is 5.69 Å². The SMILES string of the molecule is [B]c1ccccc1NC(=O)OC(C)(C)C. The molecule has 4 heteroatoms. The van der Waals surface area contributed by atoms with Crippen molar-refractivity contribution in [2.24, 2.45) is 0 Å². The van der Waals surface area contributed by atoms with Crippen molar-refractivity contribution < 1.29 is 9.53 Å². The van der Waals surface area contributed by atoms with Crippen LogP contribution in [0.1, 0.15) is 20.8 Å². The standard InChI is InChI=1S/C11H14BNO2/c1-11(2,3)15-10(14)13-9-7-5-4-6-8(9)12/h4-7H,1-3H3,(H,13,14). The monoisotopic (exact) mass is 203 g/mol. The van der Waals surface area contributed by atoms with Gasteiger partial charge in [-0.05, 0) is 26.8 Å². The molecule has 1 aromatic carbocycles. The Morgan fingerprint density at radius 2 is 1.93 bits per heavy atom. The van der Waals surface area contributed by atoms with E-state index in [1.54, 1.807) is 45.0 Å². The smallest absolute Gasteiger partial charge is 0.412 e. The Labute approximate surface area is 91.2 Å². The van der Waals surface area contributed by atoms with Crippen LogP contribution in [0.3, 0.4) is 0 Å². The van der Waals surface area contributed by atoms with Gasteiger partial charge in [0.25, 0.3) is 0 Å². The summed E-state index contributed by atoms with van der Waals surface area (Å²) in [5.41, 5.74) is 0.572. The molecule has 1 N–H and O–H groups in total. The van der Waals surface area contributed by atoms with E-state index in [4.69, 9.17) is 12.6 Å². The quantitative estimate of drug-likeness (QED) is 0.707. The Morgan fingerprint density at radius 1 is 1.33 bits per heavy atom. The number of nitrogens with one attached hydrogen (secondary N) is 1. The maximum Gasteiger partial charge on any atom is 0.412 e. The number of ether oxygens (including phenoxy) is 1. The Hall–Kier alpha value is -1.45. The summed E-state index contributed by atoms with van der Waals surface area (Å²) in [4.78, 5) is 11.4. The number of carbonyl (C=O) groups is 1. The first-order valence-electron chi connectivity index (χ1n) is 4.73. The van der Waals surface area contributed by atoms with Crippen LogP contribution < -0.4 is 10.8 Å². The van der Waals surface area contributed by atoms with Gasteiger partial charge in [-0.3, -0.25) is 5.32 Å². The molecular formula is C11H14BNO2. The largest absolute Gasteiger partial charge is 0.444 e. The van der Waals surface area contributed by atoms with Gasteiger partial charge in [0.15, 0.2) is 0 Å². The normalized spacial score (nSPS) is 10.9. The topological polar surface area (TPSA) is 38.3 Å². The van der Waals surface area contributed by atoms with Crippen LogP contribution in [-0.2, 0) is 4.74 Å². The molecule has 2 radical (unpaired) electrons. The molecule has 0 saturated heterocycles. The number of para-hydroxylation sites is 1. The Kier molecular flexibility index (Phi) is 3.40. The minimum Gasteiger partial charge on any atom is -0.444 e. The van der Waals surface area contributed by atoms with Crippen LogP contribution in [0.25, 0.3) is 0 Å². The number of carbonyl (C=O) groups excluding carboxylic acids is 1. The lowest BCUT2D eigenvalue weighted by Crippen LogP contribution is -2.28. The van der Waals surface area contributed by atoms with Gasteiger partial charge in [-0.25, -0.2) is 4.79 Å². The average Bonchev–Trinajstić information content (AvgIpc) is 2.05. The molecule has 0 unspecified atom stereocenters. The summed E-state index contributed by atoms with van der Waals surface area (Å²) in [6, 6.07) is 7.03. The highest BCUT2D eigenvalue weighted by molar-refractivity contribution is 6.36. The first kappa shape index (κ1) is 11.6. The molecule has 0 aliphatic carbocycles. The summed E-state index contributed by atoms with van der Waals surface area (Å²) in [7, 11) is 5.66. The summed E-state index contributed by atoms with van der Waals surface area (Å²) in [6.45, 7) is 5.42. The van der Waals surface area contributed by atoms with Gasteiger partial charge < -0.3 is 4.74 Å². The minimum absolute atomic E-state index is 0.500. The van der Waals surface area contributed by atoms with Gasteiger partial charge in [-0.15, -0.1) is 0 Å². The molecule has 1 aromatic rings. The van der Waals surface area contributed by atoms with Crippen molar-refractivity contribution in [1.82, 2.24) is 0 Å². The van der Waals surface area contributed by atoms with Crippen LogP contribution in [0.15, 0.2) is 24.3 Å². The van der Waals surface area contributed by atoms with Crippen LogP contribution in [0.5, 0.6) is 0 Å². The number of anilines is 1. The molecule has 3 nitrogen and oxygen atoms in total. The summed E-state index contributed by atoms with van der Waals surface area (Å²) >= 11 is 0. The number of rotatable bonds is 1. The van der Waals surface area contributed by atoms with Crippen molar-refractivity contribution in [2.45, 2.75) is 26.4 Å². The predicted octanol–water partition coefficient (Wildman–Crippen LogP) is 1.83. The second-order valence-corrected chi connectivity index (χ2v) is 4.21. The Balaban J connectivity index is 2.64. The van der Waals surface area contributed by atoms with Gasteiger partial charge in [0.05, 0.1) is 0 Å². The molecule has 0 heterocycles. The fourth-order valence-electron chi connectivity index (χ4n) is 1.02. The predicted molar refractivity (Wildman–Crippen MR) is 61.7 cm³/mol. The van der Waals surface area contributed by atoms with Crippen LogP contribution in [-0.4, -0.2) is 19.5 Å². The van der Waals surface area contributed by atoms with Crippen LogP contribution in [0.4, 0.5) is 10.5 Å². The highest BCUT2D eigenvalue weighted by Crippen LogP contribution is 2.09. The first-order chi connectivity index (χ1) is 6.88. The van der Waals surface area contributed by atoms with E-state index in [2.05, 4.69) is 5.32 Å². The molecule has 15 heavy (non-hydrogen) atoms. The molecule has 0 spiro atoms. The minimum atomic E-state index is -0.506. The summed E-state index contributed by atoms with van der Waals surface area (Å²) in [6.07, 6.45) is -0.500. The molecule has 0 atom stereocenters. The van der Waals surface area contributed by atoms with Gasteiger partial charge in [0.1, 0.15) is 13.4 Å². The Morgan fingerprint density at radius 3 is 2.47 bits per heavy atom. The maximum absolute atomic E-state index is 11.4. The third kappa shape index (κ3) is 4.06. The fraction of sp³-hybridized carbons (Fsp3) is 0.364. The molecular weight excluding hydrogens is 189 g/mol. The molecule has 1 amide bonds. The van der Waals surface area contributed by atoms with Crippen LogP contribution in [0.2, 0.25) is 0 Å². The van der Waals surface area contributed by atoms with Gasteiger partial charge in [-0.2, -0.15) is 0 Å². The van der Waals surface area contributed by atoms with Crippen molar-refractivity contribution >= 4 is 25.1 Å². The van der Waals surface area contributed by atoms with Crippen molar-refractivity contribution in [3.63, 3.8) is 0 Å². The second-order valence-electron chi connectivity index (χ2n) is 4.21. The zero-order valence-electron chi connectivity index (χ0n) is 9.20. The van der Waals surface area contributed by atoms with E-state index in [1.165, 1.54) is 0 Å². The van der Waals surface area contributed by atoms with Crippen LogP contribution >= 0.6 is 0 Å². The summed E-state index contributed by atoms with van der Waals surface area (Å²) in [5, 5.41) is 2.58. The van der Waals surface area contributed by atoms with E-state index in [0.29, 0.717) is 11.2 Å². The number of hydrogen-bond acceptors (Lipinski definition) is 2. The van der Waals surface area contributed by atoms with Crippen molar-refractivity contribution in [1.29, 1.82) is 0 Å². The Bertz CT molecular complexity index is 358. The summed E-state index contributed by atoms with van der Waals surface area (Å²) in [5.74, 6) is 0. The van der Waals surface area contributed by atoms with E-state index in [-0.39, 0.29) is 0 Å². The fourth-order valence-corrected chi connectivity index (χ4v) is 1.02. The molecule has 0 saturated carbocycles. The number of benzene rings is 1. The average molecular weight is 203 g/mol. The lowest BCUT2D eigenvalue weighted by Gasteiger charge is -2.20. The van der Waals surface area contributed by atoms with Gasteiger partial charge >= 0.3 is 6.09 Å². The van der Waals surface area contributed by atoms with E-state index in [1.807, 2.05) is 0 Å². The molecule has 0 aromatic heterocycles. The molecule has 78 valence electrons. The molecule has 1 rings (SSSR count).